The molecule has 0 radical (unpaired) electrons. The number of pyridine rings is 1. The van der Waals surface area contributed by atoms with Crippen LogP contribution in [-0.4, -0.2) is 17.4 Å². The quantitative estimate of drug-likeness (QED) is 0.702. The van der Waals surface area contributed by atoms with E-state index in [-0.39, 0.29) is 11.6 Å². The highest BCUT2D eigenvalue weighted by atomic mass is 19.1. The van der Waals surface area contributed by atoms with E-state index in [1.807, 2.05) is 18.2 Å². The Balaban J connectivity index is 1.70. The monoisotopic (exact) mass is 349 g/mol. The maximum atomic E-state index is 13.7. The third-order valence-corrected chi connectivity index (χ3v) is 4.25. The number of ether oxygens (including phenoxy) is 2. The first-order valence-corrected chi connectivity index (χ1v) is 8.33. The molecule has 0 N–H and O–H groups in total. The van der Waals surface area contributed by atoms with E-state index in [0.717, 1.165) is 5.56 Å². The Kier molecular flexibility index (Phi) is 4.35. The molecule has 1 aromatic heterocycles. The van der Waals surface area contributed by atoms with E-state index >= 15 is 0 Å². The number of carbonyl (C=O) groups is 1. The summed E-state index contributed by atoms with van der Waals surface area (Å²) in [5.74, 6) is 0.800. The number of halogens is 1. The summed E-state index contributed by atoms with van der Waals surface area (Å²) in [5, 5.41) is 0. The van der Waals surface area contributed by atoms with Gasteiger partial charge in [-0.15, -0.1) is 0 Å². The number of hydrogen-bond donors (Lipinski definition) is 0. The molecule has 0 saturated carbocycles. The van der Waals surface area contributed by atoms with Gasteiger partial charge in [-0.1, -0.05) is 12.1 Å². The Morgan fingerprint density at radius 2 is 1.88 bits per heavy atom. The van der Waals surface area contributed by atoms with Crippen molar-refractivity contribution < 1.29 is 18.7 Å². The topological polar surface area (TPSA) is 48.4 Å². The minimum Gasteiger partial charge on any atom is -0.492 e. The van der Waals surface area contributed by atoms with Gasteiger partial charge in [0, 0.05) is 24.9 Å². The third-order valence-electron chi connectivity index (χ3n) is 4.25. The van der Waals surface area contributed by atoms with Crippen molar-refractivity contribution in [2.45, 2.75) is 12.5 Å². The molecule has 130 valence electrons. The van der Waals surface area contributed by atoms with Crippen molar-refractivity contribution in [1.29, 1.82) is 0 Å². The van der Waals surface area contributed by atoms with Gasteiger partial charge >= 0.3 is 0 Å². The number of nitrogens with zero attached hydrogens (tertiary/aromatic N) is 1. The zero-order valence-corrected chi connectivity index (χ0v) is 13.9. The van der Waals surface area contributed by atoms with Crippen molar-refractivity contribution in [3.8, 4) is 11.5 Å². The van der Waals surface area contributed by atoms with Gasteiger partial charge in [-0.05, 0) is 47.5 Å². The zero-order chi connectivity index (χ0) is 17.9. The molecule has 2 aromatic carbocycles. The predicted molar refractivity (Wildman–Crippen MR) is 94.0 cm³/mol. The summed E-state index contributed by atoms with van der Waals surface area (Å²) >= 11 is 0. The van der Waals surface area contributed by atoms with E-state index in [1.54, 1.807) is 36.7 Å². The molecule has 0 bridgehead atoms. The number of carbonyl (C=O) groups excluding carboxylic acids is 1. The number of hydrogen-bond acceptors (Lipinski definition) is 4. The Morgan fingerprint density at radius 3 is 2.69 bits per heavy atom. The lowest BCUT2D eigenvalue weighted by atomic mass is 10.0. The van der Waals surface area contributed by atoms with Crippen molar-refractivity contribution in [2.75, 3.05) is 6.61 Å². The predicted octanol–water partition coefficient (Wildman–Crippen LogP) is 4.35. The minimum absolute atomic E-state index is 0.0635. The first-order chi connectivity index (χ1) is 12.7. The van der Waals surface area contributed by atoms with Gasteiger partial charge in [0.15, 0.2) is 5.78 Å². The van der Waals surface area contributed by atoms with Crippen LogP contribution < -0.4 is 9.47 Å². The number of fused-ring (bicyclic) bond motifs is 1. The summed E-state index contributed by atoms with van der Waals surface area (Å²) in [4.78, 5) is 16.0. The molecule has 3 aromatic rings. The SMILES string of the molecule is O=C1CCOc2cc(O[C@H](c3ccncc3)c3cccc(F)c3)ccc21. The number of rotatable bonds is 4. The number of ketones is 1. The molecule has 1 atom stereocenters. The molecule has 0 fully saturated rings. The highest BCUT2D eigenvalue weighted by Gasteiger charge is 2.21. The van der Waals surface area contributed by atoms with Crippen molar-refractivity contribution in [3.05, 3.63) is 89.5 Å². The van der Waals surface area contributed by atoms with Crippen LogP contribution in [0.15, 0.2) is 67.0 Å². The van der Waals surface area contributed by atoms with Crippen molar-refractivity contribution in [2.24, 2.45) is 0 Å². The maximum absolute atomic E-state index is 13.7. The van der Waals surface area contributed by atoms with Crippen LogP contribution in [0.2, 0.25) is 0 Å². The molecule has 4 nitrogen and oxygen atoms in total. The van der Waals surface area contributed by atoms with E-state index in [0.29, 0.717) is 35.7 Å². The van der Waals surface area contributed by atoms with Crippen LogP contribution in [0.1, 0.15) is 34.0 Å². The average molecular weight is 349 g/mol. The van der Waals surface area contributed by atoms with Crippen LogP contribution >= 0.6 is 0 Å². The first-order valence-electron chi connectivity index (χ1n) is 8.33. The van der Waals surface area contributed by atoms with Crippen LogP contribution in [0.3, 0.4) is 0 Å². The minimum atomic E-state index is -0.508. The maximum Gasteiger partial charge on any atom is 0.169 e. The van der Waals surface area contributed by atoms with Crippen LogP contribution in [0.5, 0.6) is 11.5 Å². The van der Waals surface area contributed by atoms with Crippen LogP contribution in [0, 0.1) is 5.82 Å². The first kappa shape index (κ1) is 16.3. The lowest BCUT2D eigenvalue weighted by Crippen LogP contribution is -2.15. The Labute approximate surface area is 150 Å². The Hall–Kier alpha value is -3.21. The molecule has 26 heavy (non-hydrogen) atoms. The summed E-state index contributed by atoms with van der Waals surface area (Å²) in [6, 6.07) is 15.1. The molecular formula is C21H16FNO3. The summed E-state index contributed by atoms with van der Waals surface area (Å²) in [6.45, 7) is 0.368. The highest BCUT2D eigenvalue weighted by molar-refractivity contribution is 5.99. The van der Waals surface area contributed by atoms with Gasteiger partial charge in [0.25, 0.3) is 0 Å². The largest absolute Gasteiger partial charge is 0.492 e. The molecule has 1 aliphatic heterocycles. The fourth-order valence-electron chi connectivity index (χ4n) is 2.99. The number of benzene rings is 2. The van der Waals surface area contributed by atoms with Gasteiger partial charge in [0.1, 0.15) is 23.4 Å². The zero-order valence-electron chi connectivity index (χ0n) is 13.9. The molecule has 5 heteroatoms. The lowest BCUT2D eigenvalue weighted by Gasteiger charge is -2.22. The van der Waals surface area contributed by atoms with E-state index < -0.39 is 6.10 Å². The van der Waals surface area contributed by atoms with Gasteiger partial charge in [-0.2, -0.15) is 0 Å². The van der Waals surface area contributed by atoms with Gasteiger partial charge in [0.2, 0.25) is 0 Å². The van der Waals surface area contributed by atoms with E-state index in [1.165, 1.54) is 12.1 Å². The molecule has 0 unspecified atom stereocenters. The second-order valence-electron chi connectivity index (χ2n) is 6.01. The molecule has 0 amide bonds. The van der Waals surface area contributed by atoms with Crippen LogP contribution in [-0.2, 0) is 0 Å². The molecule has 0 spiro atoms. The molecule has 0 aliphatic carbocycles. The van der Waals surface area contributed by atoms with Crippen molar-refractivity contribution >= 4 is 5.78 Å². The van der Waals surface area contributed by atoms with E-state index in [9.17, 15) is 9.18 Å². The smallest absolute Gasteiger partial charge is 0.169 e. The fraction of sp³-hybridized carbons (Fsp3) is 0.143. The van der Waals surface area contributed by atoms with E-state index in [2.05, 4.69) is 4.98 Å². The number of Topliss-reactive ketones (excluding diaryl/α,β-unsaturated/α-hetero) is 1. The van der Waals surface area contributed by atoms with Crippen LogP contribution in [0.25, 0.3) is 0 Å². The van der Waals surface area contributed by atoms with Crippen molar-refractivity contribution in [3.63, 3.8) is 0 Å². The van der Waals surface area contributed by atoms with Gasteiger partial charge < -0.3 is 9.47 Å². The molecular weight excluding hydrogens is 333 g/mol. The molecule has 2 heterocycles. The second kappa shape index (κ2) is 6.96. The summed E-state index contributed by atoms with van der Waals surface area (Å²) in [6.07, 6.45) is 3.21. The van der Waals surface area contributed by atoms with Gasteiger partial charge in [-0.3, -0.25) is 9.78 Å². The average Bonchev–Trinajstić information content (AvgIpc) is 2.67. The number of aromatic nitrogens is 1. The van der Waals surface area contributed by atoms with Crippen molar-refractivity contribution in [1.82, 2.24) is 4.98 Å². The van der Waals surface area contributed by atoms with Gasteiger partial charge in [-0.25, -0.2) is 4.39 Å². The standard InChI is InChI=1S/C21H16FNO3/c22-16-3-1-2-15(12-16)21(14-6-9-23-10-7-14)26-17-4-5-18-19(24)8-11-25-20(18)13-17/h1-7,9-10,12-13,21H,8,11H2/t21-/m1/s1. The molecule has 0 saturated heterocycles. The van der Waals surface area contributed by atoms with Crippen LogP contribution in [0.4, 0.5) is 4.39 Å². The highest BCUT2D eigenvalue weighted by Crippen LogP contribution is 2.33. The van der Waals surface area contributed by atoms with E-state index in [4.69, 9.17) is 9.47 Å². The second-order valence-corrected chi connectivity index (χ2v) is 6.01. The molecule has 4 rings (SSSR count). The summed E-state index contributed by atoms with van der Waals surface area (Å²) in [5.41, 5.74) is 2.10. The lowest BCUT2D eigenvalue weighted by molar-refractivity contribution is 0.0933. The Morgan fingerprint density at radius 1 is 1.04 bits per heavy atom. The fourth-order valence-corrected chi connectivity index (χ4v) is 2.99. The van der Waals surface area contributed by atoms with Gasteiger partial charge in [0.05, 0.1) is 12.2 Å². The molecule has 1 aliphatic rings. The Bertz CT molecular complexity index is 943. The normalized spacial score (nSPS) is 14.3. The summed E-state index contributed by atoms with van der Waals surface area (Å²) in [7, 11) is 0. The third kappa shape index (κ3) is 3.28. The summed E-state index contributed by atoms with van der Waals surface area (Å²) < 4.78 is 25.5.